The van der Waals surface area contributed by atoms with Crippen LogP contribution in [0.25, 0.3) is 22.5 Å². The number of halogens is 2. The third-order valence-electron chi connectivity index (χ3n) is 6.22. The molecule has 9 heteroatoms. The quantitative estimate of drug-likeness (QED) is 0.453. The first-order valence-electron chi connectivity index (χ1n) is 11.2. The number of carbonyl (C=O) groups is 1. The predicted octanol–water partition coefficient (Wildman–Crippen LogP) is 4.92. The van der Waals surface area contributed by atoms with Crippen LogP contribution in [0.5, 0.6) is 0 Å². The molecule has 0 saturated carbocycles. The minimum absolute atomic E-state index is 0.0369. The number of rotatable bonds is 5. The third-order valence-corrected chi connectivity index (χ3v) is 6.22. The van der Waals surface area contributed by atoms with E-state index in [9.17, 15) is 13.6 Å². The number of hydrogen-bond donors (Lipinski definition) is 1. The van der Waals surface area contributed by atoms with E-state index < -0.39 is 17.5 Å². The lowest BCUT2D eigenvalue weighted by Crippen LogP contribution is -2.51. The fourth-order valence-corrected chi connectivity index (χ4v) is 4.49. The molecule has 0 radical (unpaired) electrons. The number of likely N-dealkylation sites (tertiary alicyclic amines) is 1. The maximum absolute atomic E-state index is 15.0. The molecule has 1 N–H and O–H groups in total. The predicted molar refractivity (Wildman–Crippen MR) is 123 cm³/mol. The summed E-state index contributed by atoms with van der Waals surface area (Å²) in [6, 6.07) is 10.3. The number of oxazole rings is 1. The second-order valence-corrected chi connectivity index (χ2v) is 8.43. The molecule has 0 bridgehead atoms. The minimum atomic E-state index is -0.610. The van der Waals surface area contributed by atoms with Gasteiger partial charge in [-0.05, 0) is 43.0 Å². The molecule has 4 aromatic rings. The van der Waals surface area contributed by atoms with Crippen molar-refractivity contribution in [1.29, 1.82) is 0 Å². The summed E-state index contributed by atoms with van der Waals surface area (Å²) in [6.07, 6.45) is 4.87. The number of nitrogens with zero attached hydrogens (tertiary/aromatic N) is 4. The average molecular weight is 463 g/mol. The maximum Gasteiger partial charge on any atom is 0.295 e. The van der Waals surface area contributed by atoms with Gasteiger partial charge in [-0.25, -0.2) is 18.7 Å². The number of carbonyl (C=O) groups excluding carboxylic acids is 1. The summed E-state index contributed by atoms with van der Waals surface area (Å²) in [5.41, 5.74) is 1.19. The second-order valence-electron chi connectivity index (χ2n) is 8.43. The van der Waals surface area contributed by atoms with E-state index in [1.807, 2.05) is 0 Å². The average Bonchev–Trinajstić information content (AvgIpc) is 3.25. The molecule has 2 aromatic carbocycles. The van der Waals surface area contributed by atoms with Crippen molar-refractivity contribution in [3.05, 3.63) is 72.1 Å². The summed E-state index contributed by atoms with van der Waals surface area (Å²) in [6.45, 7) is 2.92. The Morgan fingerprint density at radius 1 is 1.18 bits per heavy atom. The van der Waals surface area contributed by atoms with E-state index in [-0.39, 0.29) is 23.5 Å². The Morgan fingerprint density at radius 3 is 2.82 bits per heavy atom. The van der Waals surface area contributed by atoms with Crippen LogP contribution in [0.15, 0.2) is 59.3 Å². The lowest BCUT2D eigenvalue weighted by Gasteiger charge is -2.40. The van der Waals surface area contributed by atoms with Gasteiger partial charge in [-0.1, -0.05) is 19.1 Å². The molecule has 1 saturated heterocycles. The van der Waals surface area contributed by atoms with Crippen LogP contribution in [0.1, 0.15) is 30.1 Å². The van der Waals surface area contributed by atoms with Crippen molar-refractivity contribution >= 4 is 23.0 Å². The zero-order valence-corrected chi connectivity index (χ0v) is 18.5. The number of hydrogen-bond acceptors (Lipinski definition) is 6. The van der Waals surface area contributed by atoms with Crippen LogP contribution < -0.4 is 5.32 Å². The topological polar surface area (TPSA) is 84.2 Å². The summed E-state index contributed by atoms with van der Waals surface area (Å²) in [5, 5.41) is 3.14. The van der Waals surface area contributed by atoms with Crippen LogP contribution in [-0.4, -0.2) is 44.9 Å². The van der Waals surface area contributed by atoms with Crippen LogP contribution in [0.2, 0.25) is 0 Å². The highest BCUT2D eigenvalue weighted by Gasteiger charge is 2.35. The highest BCUT2D eigenvalue weighted by Crippen LogP contribution is 2.30. The second kappa shape index (κ2) is 9.17. The molecule has 1 aliphatic heterocycles. The van der Waals surface area contributed by atoms with Crippen LogP contribution >= 0.6 is 0 Å². The molecule has 34 heavy (non-hydrogen) atoms. The van der Waals surface area contributed by atoms with Gasteiger partial charge in [-0.15, -0.1) is 0 Å². The Hall–Kier alpha value is -3.88. The molecule has 0 spiro atoms. The summed E-state index contributed by atoms with van der Waals surface area (Å²) < 4.78 is 34.1. The Labute approximate surface area is 194 Å². The number of amides is 1. The minimum Gasteiger partial charge on any atom is -0.424 e. The van der Waals surface area contributed by atoms with Gasteiger partial charge >= 0.3 is 0 Å². The van der Waals surface area contributed by atoms with Gasteiger partial charge in [0, 0.05) is 37.1 Å². The zero-order chi connectivity index (χ0) is 23.7. The van der Waals surface area contributed by atoms with E-state index in [1.165, 1.54) is 24.3 Å². The summed E-state index contributed by atoms with van der Waals surface area (Å²) in [5.74, 6) is -0.952. The van der Waals surface area contributed by atoms with E-state index in [0.29, 0.717) is 35.6 Å². The number of piperidine rings is 1. The highest BCUT2D eigenvalue weighted by atomic mass is 19.1. The van der Waals surface area contributed by atoms with E-state index in [1.54, 1.807) is 35.5 Å². The highest BCUT2D eigenvalue weighted by molar-refractivity contribution is 6.00. The first-order valence-corrected chi connectivity index (χ1v) is 11.2. The summed E-state index contributed by atoms with van der Waals surface area (Å²) in [7, 11) is 0. The van der Waals surface area contributed by atoms with Gasteiger partial charge < -0.3 is 14.6 Å². The van der Waals surface area contributed by atoms with Gasteiger partial charge in [0.05, 0.1) is 11.6 Å². The molecule has 1 fully saturated rings. The van der Waals surface area contributed by atoms with Crippen molar-refractivity contribution in [2.24, 2.45) is 5.92 Å². The van der Waals surface area contributed by atoms with Crippen molar-refractivity contribution in [2.45, 2.75) is 25.8 Å². The Morgan fingerprint density at radius 2 is 2.00 bits per heavy atom. The van der Waals surface area contributed by atoms with Gasteiger partial charge in [-0.2, -0.15) is 4.98 Å². The van der Waals surface area contributed by atoms with Crippen molar-refractivity contribution in [3.63, 3.8) is 0 Å². The summed E-state index contributed by atoms with van der Waals surface area (Å²) in [4.78, 5) is 28.1. The zero-order valence-electron chi connectivity index (χ0n) is 18.5. The summed E-state index contributed by atoms with van der Waals surface area (Å²) >= 11 is 0. The maximum atomic E-state index is 15.0. The number of benzene rings is 2. The largest absolute Gasteiger partial charge is 0.424 e. The van der Waals surface area contributed by atoms with E-state index >= 15 is 0 Å². The Balaban J connectivity index is 1.42. The lowest BCUT2D eigenvalue weighted by atomic mass is 9.89. The van der Waals surface area contributed by atoms with Crippen molar-refractivity contribution in [2.75, 3.05) is 18.4 Å². The molecule has 1 amide bonds. The fraction of sp³-hybridized carbons (Fsp3) is 0.280. The van der Waals surface area contributed by atoms with Gasteiger partial charge in [-0.3, -0.25) is 4.79 Å². The molecule has 0 aliphatic carbocycles. The molecular formula is C25H23F2N5O2. The Kier molecular flexibility index (Phi) is 5.91. The van der Waals surface area contributed by atoms with Crippen molar-refractivity contribution in [1.82, 2.24) is 19.9 Å². The number of aromatic nitrogens is 3. The van der Waals surface area contributed by atoms with Crippen molar-refractivity contribution in [3.8, 4) is 11.4 Å². The van der Waals surface area contributed by atoms with E-state index in [0.717, 1.165) is 12.8 Å². The van der Waals surface area contributed by atoms with Gasteiger partial charge in [0.2, 0.25) is 0 Å². The lowest BCUT2D eigenvalue weighted by molar-refractivity contribution is 0.0535. The van der Waals surface area contributed by atoms with E-state index in [4.69, 9.17) is 4.42 Å². The van der Waals surface area contributed by atoms with Crippen LogP contribution in [0, 0.1) is 17.6 Å². The molecule has 1 aliphatic rings. The molecule has 2 atom stereocenters. The third kappa shape index (κ3) is 4.21. The first kappa shape index (κ1) is 21.9. The normalized spacial score (nSPS) is 18.3. The van der Waals surface area contributed by atoms with Crippen LogP contribution in [0.4, 0.5) is 14.8 Å². The molecule has 7 nitrogen and oxygen atoms in total. The standard InChI is InChI=1S/C25H23F2N5O2/c1-15-5-3-12-32(20(15)14-30-25-31-19-13-16(26)8-9-21(19)34-25)24(33)22-17(6-2-7-18(22)27)23-28-10-4-11-29-23/h2,4,6-11,13,15,20H,3,5,12,14H2,1H3,(H,30,31). The van der Waals surface area contributed by atoms with Gasteiger partial charge in [0.15, 0.2) is 11.4 Å². The van der Waals surface area contributed by atoms with Gasteiger partial charge in [0.1, 0.15) is 17.2 Å². The molecule has 174 valence electrons. The molecular weight excluding hydrogens is 440 g/mol. The number of anilines is 1. The molecule has 5 rings (SSSR count). The molecule has 2 aromatic heterocycles. The first-order chi connectivity index (χ1) is 16.5. The number of fused-ring (bicyclic) bond motifs is 1. The fourth-order valence-electron chi connectivity index (χ4n) is 4.49. The Bertz CT molecular complexity index is 1330. The van der Waals surface area contributed by atoms with Gasteiger partial charge in [0.25, 0.3) is 11.9 Å². The SMILES string of the molecule is CC1CCCN(C(=O)c2c(F)cccc2-c2ncccn2)C1CNc1nc2cc(F)ccc2o1. The van der Waals surface area contributed by atoms with E-state index in [2.05, 4.69) is 27.2 Å². The van der Waals surface area contributed by atoms with Crippen LogP contribution in [0.3, 0.4) is 0 Å². The molecule has 3 heterocycles. The monoisotopic (exact) mass is 463 g/mol. The smallest absolute Gasteiger partial charge is 0.295 e. The van der Waals surface area contributed by atoms with Crippen molar-refractivity contribution < 1.29 is 18.0 Å². The molecule has 2 unspecified atom stereocenters. The van der Waals surface area contributed by atoms with Crippen LogP contribution in [-0.2, 0) is 0 Å². The number of nitrogens with one attached hydrogen (secondary N) is 1.